The molecule has 19 heavy (non-hydrogen) atoms. The predicted octanol–water partition coefficient (Wildman–Crippen LogP) is 1.82. The van der Waals surface area contributed by atoms with Crippen LogP contribution in [0.1, 0.15) is 5.56 Å². The second-order valence-electron chi connectivity index (χ2n) is 4.13. The van der Waals surface area contributed by atoms with Crippen molar-refractivity contribution >= 4 is 5.52 Å². The van der Waals surface area contributed by atoms with E-state index < -0.39 is 11.6 Å². The van der Waals surface area contributed by atoms with Crippen LogP contribution < -0.4 is 5.56 Å². The smallest absolute Gasteiger partial charge is 0.291 e. The van der Waals surface area contributed by atoms with Gasteiger partial charge in [-0.1, -0.05) is 6.07 Å². The van der Waals surface area contributed by atoms with E-state index in [9.17, 15) is 13.6 Å². The number of hydrogen-bond donors (Lipinski definition) is 0. The van der Waals surface area contributed by atoms with E-state index in [0.717, 1.165) is 16.8 Å². The molecule has 0 bridgehead atoms. The minimum Gasteiger partial charge on any atom is -0.301 e. The van der Waals surface area contributed by atoms with Crippen molar-refractivity contribution in [2.45, 2.75) is 6.54 Å². The van der Waals surface area contributed by atoms with E-state index in [4.69, 9.17) is 0 Å². The lowest BCUT2D eigenvalue weighted by molar-refractivity contribution is 0.549. The predicted molar refractivity (Wildman–Crippen MR) is 64.9 cm³/mol. The van der Waals surface area contributed by atoms with E-state index in [1.165, 1.54) is 12.4 Å². The number of aromatic nitrogens is 3. The van der Waals surface area contributed by atoms with Crippen molar-refractivity contribution in [3.8, 4) is 0 Å². The average molecular weight is 261 g/mol. The first-order valence-electron chi connectivity index (χ1n) is 5.62. The maximum absolute atomic E-state index is 13.5. The lowest BCUT2D eigenvalue weighted by atomic mass is 10.2. The highest BCUT2D eigenvalue weighted by atomic mass is 19.1. The molecule has 0 aliphatic carbocycles. The van der Waals surface area contributed by atoms with Gasteiger partial charge in [-0.15, -0.1) is 0 Å². The molecule has 3 rings (SSSR count). The lowest BCUT2D eigenvalue weighted by Crippen LogP contribution is -2.25. The van der Waals surface area contributed by atoms with Gasteiger partial charge in [0.05, 0.1) is 6.54 Å². The highest BCUT2D eigenvalue weighted by molar-refractivity contribution is 5.44. The molecule has 96 valence electrons. The van der Waals surface area contributed by atoms with Crippen molar-refractivity contribution in [2.75, 3.05) is 0 Å². The van der Waals surface area contributed by atoms with Crippen LogP contribution in [0.3, 0.4) is 0 Å². The van der Waals surface area contributed by atoms with Crippen molar-refractivity contribution in [3.63, 3.8) is 0 Å². The fourth-order valence-electron chi connectivity index (χ4n) is 1.90. The summed E-state index contributed by atoms with van der Waals surface area (Å²) in [5.74, 6) is -1.34. The summed E-state index contributed by atoms with van der Waals surface area (Å²) in [6, 6.07) is 6.62. The molecule has 0 unspecified atom stereocenters. The summed E-state index contributed by atoms with van der Waals surface area (Å²) < 4.78 is 29.1. The largest absolute Gasteiger partial charge is 0.301 e. The van der Waals surface area contributed by atoms with E-state index >= 15 is 0 Å². The Labute approximate surface area is 106 Å². The van der Waals surface area contributed by atoms with Crippen LogP contribution >= 0.6 is 0 Å². The van der Waals surface area contributed by atoms with E-state index in [-0.39, 0.29) is 17.7 Å². The van der Waals surface area contributed by atoms with E-state index in [1.54, 1.807) is 22.7 Å². The second kappa shape index (κ2) is 4.31. The quantitative estimate of drug-likeness (QED) is 0.706. The molecule has 0 spiro atoms. The third-order valence-electron chi connectivity index (χ3n) is 2.88. The summed E-state index contributed by atoms with van der Waals surface area (Å²) in [5, 5.41) is 3.94. The summed E-state index contributed by atoms with van der Waals surface area (Å²) in [4.78, 5) is 12.1. The Morgan fingerprint density at radius 2 is 2.05 bits per heavy atom. The van der Waals surface area contributed by atoms with Crippen LogP contribution in [0.25, 0.3) is 5.52 Å². The number of halogens is 2. The van der Waals surface area contributed by atoms with Crippen molar-refractivity contribution < 1.29 is 8.78 Å². The van der Waals surface area contributed by atoms with Gasteiger partial charge in [0.25, 0.3) is 5.56 Å². The molecule has 0 aliphatic rings. The monoisotopic (exact) mass is 261 g/mol. The van der Waals surface area contributed by atoms with Crippen molar-refractivity contribution in [2.24, 2.45) is 0 Å². The number of benzene rings is 1. The van der Waals surface area contributed by atoms with Crippen LogP contribution in [0, 0.1) is 11.6 Å². The third-order valence-corrected chi connectivity index (χ3v) is 2.88. The van der Waals surface area contributed by atoms with Crippen LogP contribution in [0.5, 0.6) is 0 Å². The Morgan fingerprint density at radius 3 is 2.84 bits per heavy atom. The molecule has 0 fully saturated rings. The number of fused-ring (bicyclic) bond motifs is 1. The molecule has 0 radical (unpaired) electrons. The Bertz CT molecular complexity index is 807. The molecule has 0 atom stereocenters. The van der Waals surface area contributed by atoms with Gasteiger partial charge in [0, 0.05) is 17.8 Å². The third kappa shape index (κ3) is 2.01. The molecule has 6 heteroatoms. The molecule has 0 saturated heterocycles. The van der Waals surface area contributed by atoms with Crippen LogP contribution in [-0.4, -0.2) is 14.2 Å². The Kier molecular flexibility index (Phi) is 2.63. The molecule has 2 heterocycles. The molecular formula is C13H9F2N3O. The Morgan fingerprint density at radius 1 is 1.21 bits per heavy atom. The zero-order valence-corrected chi connectivity index (χ0v) is 9.75. The van der Waals surface area contributed by atoms with E-state index in [2.05, 4.69) is 5.10 Å². The second-order valence-corrected chi connectivity index (χ2v) is 4.13. The first kappa shape index (κ1) is 11.6. The van der Waals surface area contributed by atoms with Gasteiger partial charge in [-0.25, -0.2) is 13.5 Å². The van der Waals surface area contributed by atoms with Gasteiger partial charge >= 0.3 is 0 Å². The van der Waals surface area contributed by atoms with Crippen molar-refractivity contribution in [3.05, 3.63) is 70.4 Å². The van der Waals surface area contributed by atoms with Gasteiger partial charge in [0.2, 0.25) is 0 Å². The fourth-order valence-corrected chi connectivity index (χ4v) is 1.90. The highest BCUT2D eigenvalue weighted by Crippen LogP contribution is 2.10. The summed E-state index contributed by atoms with van der Waals surface area (Å²) in [6.07, 6.45) is 3.17. The molecule has 0 N–H and O–H groups in total. The Hall–Kier alpha value is -2.50. The molecule has 1 aromatic carbocycles. The maximum atomic E-state index is 13.5. The van der Waals surface area contributed by atoms with Crippen LogP contribution in [0.2, 0.25) is 0 Å². The van der Waals surface area contributed by atoms with E-state index in [1.807, 2.05) is 0 Å². The average Bonchev–Trinajstić information content (AvgIpc) is 2.85. The zero-order chi connectivity index (χ0) is 13.4. The van der Waals surface area contributed by atoms with Crippen LogP contribution in [-0.2, 0) is 6.54 Å². The van der Waals surface area contributed by atoms with Gasteiger partial charge in [0.1, 0.15) is 23.5 Å². The van der Waals surface area contributed by atoms with Gasteiger partial charge in [0.15, 0.2) is 0 Å². The first-order chi connectivity index (χ1) is 9.15. The topological polar surface area (TPSA) is 39.3 Å². The number of rotatable bonds is 2. The Balaban J connectivity index is 2.05. The standard InChI is InChI=1S/C13H9F2N3O/c14-10-4-3-9(11(15)6-10)7-18-13(19)12-2-1-5-17(12)8-16-18/h1-6,8H,7H2. The summed E-state index contributed by atoms with van der Waals surface area (Å²) >= 11 is 0. The van der Waals surface area contributed by atoms with Gasteiger partial charge < -0.3 is 4.40 Å². The number of nitrogens with zero attached hydrogens (tertiary/aromatic N) is 3. The molecular weight excluding hydrogens is 252 g/mol. The van der Waals surface area contributed by atoms with Crippen molar-refractivity contribution in [1.82, 2.24) is 14.2 Å². The van der Waals surface area contributed by atoms with Crippen LogP contribution in [0.4, 0.5) is 8.78 Å². The first-order valence-corrected chi connectivity index (χ1v) is 5.62. The SMILES string of the molecule is O=c1c2cccn2cnn1Cc1ccc(F)cc1F. The van der Waals surface area contributed by atoms with Gasteiger partial charge in [-0.3, -0.25) is 4.79 Å². The molecule has 0 amide bonds. The molecule has 0 aliphatic heterocycles. The minimum atomic E-state index is -0.691. The normalized spacial score (nSPS) is 11.1. The minimum absolute atomic E-state index is 0.0351. The zero-order valence-electron chi connectivity index (χ0n) is 9.75. The molecule has 0 saturated carbocycles. The lowest BCUT2D eigenvalue weighted by Gasteiger charge is -2.06. The highest BCUT2D eigenvalue weighted by Gasteiger charge is 2.08. The van der Waals surface area contributed by atoms with Gasteiger partial charge in [-0.2, -0.15) is 5.10 Å². The van der Waals surface area contributed by atoms with Crippen molar-refractivity contribution in [1.29, 1.82) is 0 Å². The summed E-state index contributed by atoms with van der Waals surface area (Å²) in [6.45, 7) is -0.0351. The van der Waals surface area contributed by atoms with Crippen LogP contribution in [0.15, 0.2) is 47.7 Å². The maximum Gasteiger partial charge on any atom is 0.291 e. The fraction of sp³-hybridized carbons (Fsp3) is 0.0769. The van der Waals surface area contributed by atoms with E-state index in [0.29, 0.717) is 5.52 Å². The van der Waals surface area contributed by atoms with Gasteiger partial charge in [-0.05, 0) is 18.2 Å². The summed E-state index contributed by atoms with van der Waals surface area (Å²) in [7, 11) is 0. The number of hydrogen-bond acceptors (Lipinski definition) is 2. The molecule has 3 aromatic rings. The summed E-state index contributed by atoms with van der Waals surface area (Å²) in [5.41, 5.74) is 0.348. The molecule has 4 nitrogen and oxygen atoms in total. The molecule has 2 aromatic heterocycles.